The highest BCUT2D eigenvalue weighted by molar-refractivity contribution is 7.10. The zero-order valence-electron chi connectivity index (χ0n) is 11.7. The summed E-state index contributed by atoms with van der Waals surface area (Å²) in [6, 6.07) is 0.518. The molecule has 0 fully saturated rings. The molecule has 0 atom stereocenters. The van der Waals surface area contributed by atoms with Gasteiger partial charge in [0.15, 0.2) is 0 Å². The van der Waals surface area contributed by atoms with Crippen molar-refractivity contribution in [2.24, 2.45) is 0 Å². The maximum atomic E-state index is 6.18. The third-order valence-electron chi connectivity index (χ3n) is 3.23. The predicted octanol–water partition coefficient (Wildman–Crippen LogP) is 3.75. The van der Waals surface area contributed by atoms with E-state index in [1.807, 2.05) is 11.3 Å². The molecule has 0 amide bonds. The number of hydrogen-bond acceptors (Lipinski definition) is 3. The Hall–Kier alpha value is -0.380. The smallest absolute Gasteiger partial charge is 0.0982 e. The van der Waals surface area contributed by atoms with Gasteiger partial charge >= 0.3 is 0 Å². The summed E-state index contributed by atoms with van der Waals surface area (Å²) in [7, 11) is 0. The minimum absolute atomic E-state index is 0.139. The third kappa shape index (κ3) is 2.28. The van der Waals surface area contributed by atoms with E-state index in [1.165, 1.54) is 16.0 Å². The first-order chi connectivity index (χ1) is 7.74. The Bertz CT molecular complexity index is 418. The van der Waals surface area contributed by atoms with Crippen LogP contribution in [0.4, 0.5) is 0 Å². The molecule has 3 heteroatoms. The lowest BCUT2D eigenvalue weighted by molar-refractivity contribution is -0.104. The first kappa shape index (κ1) is 13.1. The van der Waals surface area contributed by atoms with Crippen molar-refractivity contribution in [2.45, 2.75) is 65.3 Å². The Morgan fingerprint density at radius 1 is 1.24 bits per heavy atom. The molecular weight excluding hydrogens is 230 g/mol. The van der Waals surface area contributed by atoms with Gasteiger partial charge in [-0.3, -0.25) is 0 Å². The van der Waals surface area contributed by atoms with Crippen molar-refractivity contribution < 1.29 is 4.74 Å². The average Bonchev–Trinajstić information content (AvgIpc) is 2.63. The molecule has 2 nitrogen and oxygen atoms in total. The van der Waals surface area contributed by atoms with E-state index in [0.717, 1.165) is 6.54 Å². The Labute approximate surface area is 108 Å². The van der Waals surface area contributed by atoms with Crippen LogP contribution in [-0.4, -0.2) is 6.04 Å². The number of rotatable bonds is 3. The first-order valence-electron chi connectivity index (χ1n) is 6.29. The maximum absolute atomic E-state index is 6.18. The lowest BCUT2D eigenvalue weighted by Crippen LogP contribution is -2.25. The van der Waals surface area contributed by atoms with Crippen LogP contribution in [0.25, 0.3) is 0 Å². The quantitative estimate of drug-likeness (QED) is 0.886. The van der Waals surface area contributed by atoms with Crippen molar-refractivity contribution in [1.82, 2.24) is 5.32 Å². The van der Waals surface area contributed by atoms with E-state index in [2.05, 4.69) is 52.2 Å². The minimum Gasteiger partial charge on any atom is -0.359 e. The van der Waals surface area contributed by atoms with Crippen molar-refractivity contribution in [1.29, 1.82) is 0 Å². The van der Waals surface area contributed by atoms with Gasteiger partial charge in [0.05, 0.1) is 11.2 Å². The second kappa shape index (κ2) is 4.08. The highest BCUT2D eigenvalue weighted by atomic mass is 32.1. The molecule has 0 aromatic carbocycles. The van der Waals surface area contributed by atoms with Gasteiger partial charge in [-0.25, -0.2) is 0 Å². The number of thiophene rings is 1. The Kier molecular flexibility index (Phi) is 3.13. The van der Waals surface area contributed by atoms with Gasteiger partial charge < -0.3 is 10.1 Å². The lowest BCUT2D eigenvalue weighted by Gasteiger charge is -2.26. The molecule has 0 saturated carbocycles. The van der Waals surface area contributed by atoms with Gasteiger partial charge in [-0.1, -0.05) is 13.8 Å². The maximum Gasteiger partial charge on any atom is 0.0982 e. The van der Waals surface area contributed by atoms with Crippen molar-refractivity contribution in [3.05, 3.63) is 21.4 Å². The largest absolute Gasteiger partial charge is 0.359 e. The predicted molar refractivity (Wildman–Crippen MR) is 73.4 cm³/mol. The van der Waals surface area contributed by atoms with Crippen molar-refractivity contribution in [3.8, 4) is 0 Å². The molecule has 0 radical (unpaired) electrons. The van der Waals surface area contributed by atoms with E-state index in [0.29, 0.717) is 6.04 Å². The first-order valence-corrected chi connectivity index (χ1v) is 7.17. The van der Waals surface area contributed by atoms with E-state index in [-0.39, 0.29) is 11.2 Å². The van der Waals surface area contributed by atoms with Crippen LogP contribution in [0.1, 0.15) is 57.5 Å². The minimum atomic E-state index is -0.160. The number of ether oxygens (including phenoxy) is 1. The van der Waals surface area contributed by atoms with Gasteiger partial charge in [0.1, 0.15) is 0 Å². The van der Waals surface area contributed by atoms with E-state index < -0.39 is 0 Å². The van der Waals surface area contributed by atoms with Gasteiger partial charge in [-0.15, -0.1) is 11.3 Å². The van der Waals surface area contributed by atoms with Crippen LogP contribution < -0.4 is 5.32 Å². The fourth-order valence-electron chi connectivity index (χ4n) is 2.68. The fourth-order valence-corrected chi connectivity index (χ4v) is 3.96. The summed E-state index contributed by atoms with van der Waals surface area (Å²) in [6.45, 7) is 14.0. The second-order valence-corrected chi connectivity index (χ2v) is 7.00. The van der Waals surface area contributed by atoms with Crippen molar-refractivity contribution in [3.63, 3.8) is 0 Å². The van der Waals surface area contributed by atoms with Crippen LogP contribution in [0.5, 0.6) is 0 Å². The molecule has 1 aliphatic rings. The Morgan fingerprint density at radius 2 is 1.88 bits per heavy atom. The summed E-state index contributed by atoms with van der Waals surface area (Å²) >= 11 is 1.83. The van der Waals surface area contributed by atoms with Gasteiger partial charge in [0.2, 0.25) is 0 Å². The van der Waals surface area contributed by atoms with Gasteiger partial charge in [0, 0.05) is 23.0 Å². The van der Waals surface area contributed by atoms with Crippen LogP contribution >= 0.6 is 11.3 Å². The molecule has 0 saturated heterocycles. The number of hydrogen-bond donors (Lipinski definition) is 1. The third-order valence-corrected chi connectivity index (χ3v) is 4.56. The molecule has 0 aliphatic carbocycles. The molecule has 1 aliphatic heterocycles. The molecule has 96 valence electrons. The van der Waals surface area contributed by atoms with Crippen LogP contribution in [-0.2, 0) is 22.5 Å². The SMILES string of the molecule is CC(C)NCc1csc2c1C(C)(C)OC2(C)C. The number of nitrogens with one attached hydrogen (secondary N) is 1. The Balaban J connectivity index is 2.34. The molecule has 0 bridgehead atoms. The molecule has 1 N–H and O–H groups in total. The van der Waals surface area contributed by atoms with E-state index in [4.69, 9.17) is 4.74 Å². The zero-order chi connectivity index (χ0) is 12.8. The van der Waals surface area contributed by atoms with Gasteiger partial charge in [-0.05, 0) is 38.6 Å². The lowest BCUT2D eigenvalue weighted by atomic mass is 9.94. The van der Waals surface area contributed by atoms with E-state index in [9.17, 15) is 0 Å². The zero-order valence-corrected chi connectivity index (χ0v) is 12.5. The van der Waals surface area contributed by atoms with Crippen molar-refractivity contribution in [2.75, 3.05) is 0 Å². The summed E-state index contributed by atoms with van der Waals surface area (Å²) in [6.07, 6.45) is 0. The van der Waals surface area contributed by atoms with Gasteiger partial charge in [0.25, 0.3) is 0 Å². The molecule has 2 rings (SSSR count). The van der Waals surface area contributed by atoms with Crippen LogP contribution in [0.3, 0.4) is 0 Å². The van der Waals surface area contributed by atoms with E-state index >= 15 is 0 Å². The molecule has 1 aromatic rings. The molecule has 0 unspecified atom stereocenters. The average molecular weight is 253 g/mol. The Morgan fingerprint density at radius 3 is 2.47 bits per heavy atom. The molecule has 1 aromatic heterocycles. The van der Waals surface area contributed by atoms with Crippen LogP contribution in [0.2, 0.25) is 0 Å². The van der Waals surface area contributed by atoms with Gasteiger partial charge in [-0.2, -0.15) is 0 Å². The summed E-state index contributed by atoms with van der Waals surface area (Å²) < 4.78 is 6.18. The normalized spacial score (nSPS) is 20.9. The molecule has 2 heterocycles. The summed E-state index contributed by atoms with van der Waals surface area (Å²) in [5.41, 5.74) is 2.50. The second-order valence-electron chi connectivity index (χ2n) is 6.12. The summed E-state index contributed by atoms with van der Waals surface area (Å²) in [5.74, 6) is 0. The molecule has 0 spiro atoms. The van der Waals surface area contributed by atoms with E-state index in [1.54, 1.807) is 0 Å². The highest BCUT2D eigenvalue weighted by Crippen LogP contribution is 2.50. The van der Waals surface area contributed by atoms with Crippen LogP contribution in [0.15, 0.2) is 5.38 Å². The molecular formula is C14H23NOS. The monoisotopic (exact) mass is 253 g/mol. The highest BCUT2D eigenvalue weighted by Gasteiger charge is 2.45. The standard InChI is InChI=1S/C14H23NOS/c1-9(2)15-7-10-8-17-12-11(10)13(3,4)16-14(12,5)6/h8-9,15H,7H2,1-6H3. The fraction of sp³-hybridized carbons (Fsp3) is 0.714. The number of fused-ring (bicyclic) bond motifs is 1. The summed E-state index contributed by atoms with van der Waals surface area (Å²) in [5, 5.41) is 5.78. The summed E-state index contributed by atoms with van der Waals surface area (Å²) in [4.78, 5) is 1.39. The topological polar surface area (TPSA) is 21.3 Å². The van der Waals surface area contributed by atoms with Crippen LogP contribution in [0, 0.1) is 0 Å². The molecule has 17 heavy (non-hydrogen) atoms. The van der Waals surface area contributed by atoms with Crippen molar-refractivity contribution >= 4 is 11.3 Å².